The lowest BCUT2D eigenvalue weighted by Crippen LogP contribution is -2.61. The molecule has 2 aliphatic rings. The smallest absolute Gasteiger partial charge is 0.245 e. The molecule has 2 rings (SSSR count). The van der Waals surface area contributed by atoms with Crippen LogP contribution in [-0.4, -0.2) is 66.3 Å². The van der Waals surface area contributed by atoms with E-state index in [0.717, 1.165) is 26.2 Å². The number of ether oxygens (including phenoxy) is 1. The largest absolute Gasteiger partial charge is 0.360 e. The molecule has 0 radical (unpaired) electrons. The Hall–Kier alpha value is -0.650. The molecule has 0 aliphatic carbocycles. The van der Waals surface area contributed by atoms with Crippen molar-refractivity contribution in [2.75, 3.05) is 32.8 Å². The third-order valence-corrected chi connectivity index (χ3v) is 4.58. The molecule has 2 aliphatic heterocycles. The van der Waals surface area contributed by atoms with E-state index >= 15 is 0 Å². The van der Waals surface area contributed by atoms with Gasteiger partial charge >= 0.3 is 0 Å². The summed E-state index contributed by atoms with van der Waals surface area (Å²) in [5.41, 5.74) is -0.591. The molecular weight excluding hydrogens is 266 g/mol. The fourth-order valence-corrected chi connectivity index (χ4v) is 3.00. The van der Waals surface area contributed by atoms with Crippen molar-refractivity contribution in [2.24, 2.45) is 5.41 Å². The molecule has 2 heterocycles. The van der Waals surface area contributed by atoms with E-state index in [9.17, 15) is 4.79 Å². The van der Waals surface area contributed by atoms with Crippen LogP contribution in [0.3, 0.4) is 0 Å². The summed E-state index contributed by atoms with van der Waals surface area (Å²) in [6, 6.07) is 0.552. The van der Waals surface area contributed by atoms with Gasteiger partial charge in [0.1, 0.15) is 11.8 Å². The number of nitrogens with zero attached hydrogens (tertiary/aromatic N) is 2. The second-order valence-electron chi connectivity index (χ2n) is 7.96. The highest BCUT2D eigenvalue weighted by molar-refractivity contribution is 5.86. The first-order valence-electron chi connectivity index (χ1n) is 8.06. The molecule has 2 saturated heterocycles. The number of rotatable bonds is 2. The highest BCUT2D eigenvalue weighted by atomic mass is 16.5. The molecule has 0 saturated carbocycles. The average molecular weight is 297 g/mol. The van der Waals surface area contributed by atoms with Crippen LogP contribution in [0.5, 0.6) is 0 Å². The van der Waals surface area contributed by atoms with E-state index in [0.29, 0.717) is 12.6 Å². The van der Waals surface area contributed by atoms with Gasteiger partial charge in [0.15, 0.2) is 0 Å². The molecule has 0 aromatic carbocycles. The van der Waals surface area contributed by atoms with Gasteiger partial charge in [0, 0.05) is 37.6 Å². The van der Waals surface area contributed by atoms with Crippen LogP contribution in [0.25, 0.3) is 0 Å². The van der Waals surface area contributed by atoms with Crippen LogP contribution in [0.2, 0.25) is 0 Å². The van der Waals surface area contributed by atoms with Crippen LogP contribution in [0.15, 0.2) is 0 Å². The second-order valence-corrected chi connectivity index (χ2v) is 7.96. The van der Waals surface area contributed by atoms with Gasteiger partial charge in [-0.3, -0.25) is 15.0 Å². The first-order valence-corrected chi connectivity index (χ1v) is 8.06. The zero-order chi connectivity index (χ0) is 15.8. The Bertz CT molecular complexity index is 383. The molecule has 5 nitrogen and oxygen atoms in total. The van der Waals surface area contributed by atoms with Crippen molar-refractivity contribution < 1.29 is 9.53 Å². The van der Waals surface area contributed by atoms with Crippen molar-refractivity contribution in [3.63, 3.8) is 0 Å². The number of carbonyl (C=O) groups excluding carboxylic acids is 1. The zero-order valence-electron chi connectivity index (χ0n) is 14.4. The number of hydrogen-bond acceptors (Lipinski definition) is 4. The van der Waals surface area contributed by atoms with E-state index in [4.69, 9.17) is 4.74 Å². The lowest BCUT2D eigenvalue weighted by molar-refractivity contribution is -0.139. The highest BCUT2D eigenvalue weighted by Gasteiger charge is 2.47. The Labute approximate surface area is 129 Å². The molecule has 21 heavy (non-hydrogen) atoms. The van der Waals surface area contributed by atoms with Gasteiger partial charge in [-0.25, -0.2) is 0 Å². The normalized spacial score (nSPS) is 32.0. The molecule has 1 N–H and O–H groups in total. The molecule has 2 fully saturated rings. The SMILES string of the molecule is CC(C)N1CCN(C(=O)C2(C)CO[C@@H](C(C)(C)C)N2)CC1. The Morgan fingerprint density at radius 2 is 1.81 bits per heavy atom. The van der Waals surface area contributed by atoms with Gasteiger partial charge in [-0.05, 0) is 20.8 Å². The van der Waals surface area contributed by atoms with Crippen molar-refractivity contribution in [3.05, 3.63) is 0 Å². The van der Waals surface area contributed by atoms with Crippen LogP contribution in [0.4, 0.5) is 0 Å². The van der Waals surface area contributed by atoms with Crippen molar-refractivity contribution in [1.29, 1.82) is 0 Å². The first-order chi connectivity index (χ1) is 9.63. The van der Waals surface area contributed by atoms with Crippen LogP contribution in [0.1, 0.15) is 41.5 Å². The number of piperazine rings is 1. The van der Waals surface area contributed by atoms with Gasteiger partial charge in [-0.15, -0.1) is 0 Å². The standard InChI is InChI=1S/C16H31N3O2/c1-12(2)18-7-9-19(10-8-18)14(20)16(6)11-21-13(17-16)15(3,4)5/h12-13,17H,7-11H2,1-6H3/t13-,16?/m0/s1. The maximum Gasteiger partial charge on any atom is 0.245 e. The van der Waals surface area contributed by atoms with Crippen LogP contribution >= 0.6 is 0 Å². The molecule has 2 atom stereocenters. The molecule has 1 unspecified atom stereocenters. The summed E-state index contributed by atoms with van der Waals surface area (Å²) in [5.74, 6) is 0.178. The molecule has 0 aromatic heterocycles. The van der Waals surface area contributed by atoms with Gasteiger partial charge in [0.2, 0.25) is 5.91 Å². The Balaban J connectivity index is 1.95. The van der Waals surface area contributed by atoms with E-state index in [1.807, 2.05) is 11.8 Å². The number of amides is 1. The zero-order valence-corrected chi connectivity index (χ0v) is 14.4. The Kier molecular flexibility index (Phi) is 4.66. The summed E-state index contributed by atoms with van der Waals surface area (Å²) in [4.78, 5) is 17.2. The minimum atomic E-state index is -0.585. The van der Waals surface area contributed by atoms with Crippen LogP contribution in [0, 0.1) is 5.41 Å². The van der Waals surface area contributed by atoms with E-state index in [1.165, 1.54) is 0 Å². The number of hydrogen-bond donors (Lipinski definition) is 1. The minimum absolute atomic E-state index is 0.00558. The van der Waals surface area contributed by atoms with Crippen molar-refractivity contribution >= 4 is 5.91 Å². The first kappa shape index (κ1) is 16.7. The minimum Gasteiger partial charge on any atom is -0.360 e. The monoisotopic (exact) mass is 297 g/mol. The average Bonchev–Trinajstić information content (AvgIpc) is 2.82. The molecule has 0 aromatic rings. The molecule has 0 bridgehead atoms. The van der Waals surface area contributed by atoms with E-state index in [-0.39, 0.29) is 17.6 Å². The summed E-state index contributed by atoms with van der Waals surface area (Å²) < 4.78 is 5.84. The van der Waals surface area contributed by atoms with Gasteiger partial charge in [-0.2, -0.15) is 0 Å². The molecule has 5 heteroatoms. The maximum absolute atomic E-state index is 12.8. The third kappa shape index (κ3) is 3.58. The number of carbonyl (C=O) groups is 1. The van der Waals surface area contributed by atoms with Crippen LogP contribution in [-0.2, 0) is 9.53 Å². The summed E-state index contributed by atoms with van der Waals surface area (Å²) >= 11 is 0. The predicted molar refractivity (Wildman–Crippen MR) is 84.0 cm³/mol. The lowest BCUT2D eigenvalue weighted by atomic mass is 9.93. The lowest BCUT2D eigenvalue weighted by Gasteiger charge is -2.40. The molecular formula is C16H31N3O2. The fourth-order valence-electron chi connectivity index (χ4n) is 3.00. The van der Waals surface area contributed by atoms with E-state index in [2.05, 4.69) is 44.8 Å². The Morgan fingerprint density at radius 3 is 2.24 bits per heavy atom. The fraction of sp³-hybridized carbons (Fsp3) is 0.938. The summed E-state index contributed by atoms with van der Waals surface area (Å²) in [6.07, 6.45) is -0.0663. The molecule has 122 valence electrons. The summed E-state index contributed by atoms with van der Waals surface area (Å²) in [5, 5.41) is 3.41. The van der Waals surface area contributed by atoms with E-state index < -0.39 is 5.54 Å². The number of nitrogens with one attached hydrogen (secondary N) is 1. The second kappa shape index (κ2) is 5.86. The molecule has 0 spiro atoms. The summed E-state index contributed by atoms with van der Waals surface area (Å²) in [6.45, 7) is 16.8. The quantitative estimate of drug-likeness (QED) is 0.834. The van der Waals surface area contributed by atoms with Crippen molar-refractivity contribution in [2.45, 2.75) is 59.4 Å². The maximum atomic E-state index is 12.8. The van der Waals surface area contributed by atoms with E-state index in [1.54, 1.807) is 0 Å². The topological polar surface area (TPSA) is 44.8 Å². The van der Waals surface area contributed by atoms with Gasteiger partial charge in [0.25, 0.3) is 0 Å². The summed E-state index contributed by atoms with van der Waals surface area (Å²) in [7, 11) is 0. The molecule has 1 amide bonds. The van der Waals surface area contributed by atoms with Crippen molar-refractivity contribution in [3.8, 4) is 0 Å². The predicted octanol–water partition coefficient (Wildman–Crippen LogP) is 1.29. The van der Waals surface area contributed by atoms with Gasteiger partial charge in [0.05, 0.1) is 6.61 Å². The van der Waals surface area contributed by atoms with Crippen molar-refractivity contribution in [1.82, 2.24) is 15.1 Å². The Morgan fingerprint density at radius 1 is 1.24 bits per heavy atom. The highest BCUT2D eigenvalue weighted by Crippen LogP contribution is 2.29. The third-order valence-electron chi connectivity index (χ3n) is 4.58. The van der Waals surface area contributed by atoms with Gasteiger partial charge in [-0.1, -0.05) is 20.8 Å². The van der Waals surface area contributed by atoms with Crippen LogP contribution < -0.4 is 5.32 Å². The van der Waals surface area contributed by atoms with Gasteiger partial charge < -0.3 is 9.64 Å².